The van der Waals surface area contributed by atoms with Gasteiger partial charge in [0.15, 0.2) is 0 Å². The van der Waals surface area contributed by atoms with E-state index in [1.54, 1.807) is 4.68 Å². The zero-order valence-electron chi connectivity index (χ0n) is 17.4. The van der Waals surface area contributed by atoms with Crippen LogP contribution in [-0.4, -0.2) is 56.7 Å². The molecule has 4 heterocycles. The minimum absolute atomic E-state index is 0.202. The van der Waals surface area contributed by atoms with E-state index in [-0.39, 0.29) is 5.91 Å². The fourth-order valence-corrected chi connectivity index (χ4v) is 4.64. The van der Waals surface area contributed by atoms with Crippen molar-refractivity contribution < 1.29 is 4.79 Å². The predicted octanol–water partition coefficient (Wildman–Crippen LogP) is 2.04. The maximum absolute atomic E-state index is 13.0. The molecule has 0 radical (unpaired) electrons. The molecule has 0 aromatic carbocycles. The van der Waals surface area contributed by atoms with Gasteiger partial charge in [0.25, 0.3) is 5.95 Å². The molecule has 0 saturated carbocycles. The topological polar surface area (TPSA) is 75.9 Å². The first-order valence-corrected chi connectivity index (χ1v) is 10.2. The zero-order chi connectivity index (χ0) is 19.9. The number of rotatable bonds is 3. The van der Waals surface area contributed by atoms with Crippen LogP contribution < -0.4 is 5.32 Å². The molecule has 0 atom stereocenters. The largest absolute Gasteiger partial charge is 0.342 e. The lowest BCUT2D eigenvalue weighted by Gasteiger charge is -2.39. The van der Waals surface area contributed by atoms with Crippen molar-refractivity contribution in [2.75, 3.05) is 26.2 Å². The first kappa shape index (κ1) is 19.1. The summed E-state index contributed by atoms with van der Waals surface area (Å²) in [6.07, 6.45) is 3.86. The fraction of sp³-hybridized carbons (Fsp3) is 0.619. The van der Waals surface area contributed by atoms with Crippen molar-refractivity contribution in [2.45, 2.75) is 53.4 Å². The van der Waals surface area contributed by atoms with Gasteiger partial charge in [0.1, 0.15) is 0 Å². The lowest BCUT2D eigenvalue weighted by molar-refractivity contribution is -0.132. The fourth-order valence-electron chi connectivity index (χ4n) is 4.64. The Balaban J connectivity index is 1.49. The van der Waals surface area contributed by atoms with E-state index in [2.05, 4.69) is 20.4 Å². The number of aryl methyl sites for hydroxylation is 3. The maximum atomic E-state index is 13.0. The summed E-state index contributed by atoms with van der Waals surface area (Å²) in [6.45, 7) is 11.8. The third-order valence-corrected chi connectivity index (χ3v) is 6.44. The Labute approximate surface area is 166 Å². The lowest BCUT2D eigenvalue weighted by Crippen LogP contribution is -2.44. The standard InChI is InChI=1S/C21H30N6O/c1-14-11-15(2)24-20(23-14)27-17(4)18(16(3)25-27)12-19(28)26-9-6-21(7-10-26)5-8-22-13-21/h11,22H,5-10,12-13H2,1-4H3. The Morgan fingerprint density at radius 1 is 1.11 bits per heavy atom. The van der Waals surface area contributed by atoms with Crippen LogP contribution in [0, 0.1) is 33.1 Å². The van der Waals surface area contributed by atoms with Gasteiger partial charge in [-0.3, -0.25) is 4.79 Å². The van der Waals surface area contributed by atoms with E-state index in [4.69, 9.17) is 0 Å². The summed E-state index contributed by atoms with van der Waals surface area (Å²) in [6, 6.07) is 1.95. The quantitative estimate of drug-likeness (QED) is 0.879. The van der Waals surface area contributed by atoms with E-state index in [0.717, 1.165) is 67.4 Å². The second-order valence-corrected chi connectivity index (χ2v) is 8.50. The van der Waals surface area contributed by atoms with E-state index >= 15 is 0 Å². The van der Waals surface area contributed by atoms with Gasteiger partial charge >= 0.3 is 0 Å². The van der Waals surface area contributed by atoms with Crippen molar-refractivity contribution in [3.63, 3.8) is 0 Å². The molecule has 2 fully saturated rings. The normalized spacial score (nSPS) is 18.8. The van der Waals surface area contributed by atoms with E-state index in [1.807, 2.05) is 38.7 Å². The molecule has 2 aliphatic rings. The molecular weight excluding hydrogens is 352 g/mol. The second-order valence-electron chi connectivity index (χ2n) is 8.50. The summed E-state index contributed by atoms with van der Waals surface area (Å²) in [7, 11) is 0. The Morgan fingerprint density at radius 2 is 1.79 bits per heavy atom. The number of piperidine rings is 1. The van der Waals surface area contributed by atoms with Crippen molar-refractivity contribution in [1.29, 1.82) is 0 Å². The minimum atomic E-state index is 0.202. The molecule has 1 amide bonds. The molecule has 0 unspecified atom stereocenters. The molecule has 2 saturated heterocycles. The molecule has 7 heteroatoms. The lowest BCUT2D eigenvalue weighted by atomic mass is 9.78. The first-order valence-electron chi connectivity index (χ1n) is 10.2. The van der Waals surface area contributed by atoms with Gasteiger partial charge < -0.3 is 10.2 Å². The molecule has 0 aliphatic carbocycles. The van der Waals surface area contributed by atoms with Gasteiger partial charge in [-0.15, -0.1) is 0 Å². The number of hydrogen-bond donors (Lipinski definition) is 1. The number of hydrogen-bond acceptors (Lipinski definition) is 5. The summed E-state index contributed by atoms with van der Waals surface area (Å²) >= 11 is 0. The van der Waals surface area contributed by atoms with Crippen LogP contribution in [0.1, 0.15) is 47.6 Å². The molecule has 7 nitrogen and oxygen atoms in total. The zero-order valence-corrected chi connectivity index (χ0v) is 17.4. The predicted molar refractivity (Wildman–Crippen MR) is 108 cm³/mol. The highest BCUT2D eigenvalue weighted by Gasteiger charge is 2.38. The number of likely N-dealkylation sites (tertiary alicyclic amines) is 1. The summed E-state index contributed by atoms with van der Waals surface area (Å²) < 4.78 is 1.77. The Kier molecular flexibility index (Phi) is 4.95. The molecule has 0 bridgehead atoms. The Bertz CT molecular complexity index is 866. The number of amides is 1. The van der Waals surface area contributed by atoms with Gasteiger partial charge in [-0.05, 0) is 65.0 Å². The molecule has 2 aromatic rings. The van der Waals surface area contributed by atoms with E-state index < -0.39 is 0 Å². The van der Waals surface area contributed by atoms with Crippen molar-refractivity contribution in [3.8, 4) is 5.95 Å². The SMILES string of the molecule is Cc1cc(C)nc(-n2nc(C)c(CC(=O)N3CCC4(CCNC4)CC3)c2C)n1. The minimum Gasteiger partial charge on any atom is -0.342 e. The van der Waals surface area contributed by atoms with Crippen LogP contribution in [-0.2, 0) is 11.2 Å². The highest BCUT2D eigenvalue weighted by atomic mass is 16.2. The van der Waals surface area contributed by atoms with Crippen LogP contribution in [0.5, 0.6) is 0 Å². The van der Waals surface area contributed by atoms with Crippen LogP contribution in [0.4, 0.5) is 0 Å². The average Bonchev–Trinajstić information content (AvgIpc) is 3.21. The molecule has 1 spiro atoms. The monoisotopic (exact) mass is 382 g/mol. The number of nitrogens with one attached hydrogen (secondary N) is 1. The van der Waals surface area contributed by atoms with Crippen LogP contribution >= 0.6 is 0 Å². The molecular formula is C21H30N6O. The summed E-state index contributed by atoms with van der Waals surface area (Å²) in [5, 5.41) is 8.11. The van der Waals surface area contributed by atoms with Crippen LogP contribution in [0.3, 0.4) is 0 Å². The third-order valence-electron chi connectivity index (χ3n) is 6.44. The Hall–Kier alpha value is -2.28. The number of nitrogens with zero attached hydrogens (tertiary/aromatic N) is 5. The van der Waals surface area contributed by atoms with Crippen LogP contribution in [0.15, 0.2) is 6.07 Å². The Morgan fingerprint density at radius 3 is 2.39 bits per heavy atom. The molecule has 2 aliphatic heterocycles. The van der Waals surface area contributed by atoms with Crippen molar-refractivity contribution in [3.05, 3.63) is 34.4 Å². The van der Waals surface area contributed by atoms with Gasteiger partial charge in [-0.1, -0.05) is 0 Å². The average molecular weight is 383 g/mol. The first-order chi connectivity index (χ1) is 13.4. The van der Waals surface area contributed by atoms with E-state index in [0.29, 0.717) is 17.8 Å². The number of aromatic nitrogens is 4. The summed E-state index contributed by atoms with van der Waals surface area (Å²) in [4.78, 5) is 24.0. The number of carbonyl (C=O) groups is 1. The number of carbonyl (C=O) groups excluding carboxylic acids is 1. The van der Waals surface area contributed by atoms with Crippen molar-refractivity contribution in [1.82, 2.24) is 30.0 Å². The maximum Gasteiger partial charge on any atom is 0.251 e. The van der Waals surface area contributed by atoms with Gasteiger partial charge in [-0.25, -0.2) is 14.6 Å². The van der Waals surface area contributed by atoms with E-state index in [1.165, 1.54) is 6.42 Å². The summed E-state index contributed by atoms with van der Waals surface area (Å²) in [5.74, 6) is 0.776. The van der Waals surface area contributed by atoms with Crippen molar-refractivity contribution >= 4 is 5.91 Å². The van der Waals surface area contributed by atoms with Gasteiger partial charge in [0, 0.05) is 42.3 Å². The van der Waals surface area contributed by atoms with Crippen molar-refractivity contribution in [2.24, 2.45) is 5.41 Å². The van der Waals surface area contributed by atoms with Crippen LogP contribution in [0.2, 0.25) is 0 Å². The highest BCUT2D eigenvalue weighted by Crippen LogP contribution is 2.37. The molecule has 1 N–H and O–H groups in total. The smallest absolute Gasteiger partial charge is 0.251 e. The molecule has 2 aromatic heterocycles. The van der Waals surface area contributed by atoms with Gasteiger partial charge in [-0.2, -0.15) is 5.10 Å². The van der Waals surface area contributed by atoms with Gasteiger partial charge in [0.2, 0.25) is 5.91 Å². The summed E-state index contributed by atoms with van der Waals surface area (Å²) in [5.41, 5.74) is 5.07. The molecule has 28 heavy (non-hydrogen) atoms. The molecule has 4 rings (SSSR count). The third kappa shape index (κ3) is 3.55. The van der Waals surface area contributed by atoms with Crippen LogP contribution in [0.25, 0.3) is 5.95 Å². The van der Waals surface area contributed by atoms with E-state index in [9.17, 15) is 4.79 Å². The molecule has 150 valence electrons. The second kappa shape index (κ2) is 7.28. The highest BCUT2D eigenvalue weighted by molar-refractivity contribution is 5.79. The van der Waals surface area contributed by atoms with Gasteiger partial charge in [0.05, 0.1) is 12.1 Å².